The van der Waals surface area contributed by atoms with Crippen LogP contribution in [-0.4, -0.2) is 13.4 Å². The maximum Gasteiger partial charge on any atom is 0.332 e. The molecule has 2 aromatic rings. The third kappa shape index (κ3) is 1.58. The molecule has 0 aliphatic rings. The molecular formula is C9H6FNO2S. The van der Waals surface area contributed by atoms with E-state index in [1.54, 1.807) is 18.3 Å². The van der Waals surface area contributed by atoms with Gasteiger partial charge >= 0.3 is 10.2 Å². The van der Waals surface area contributed by atoms with Crippen LogP contribution < -0.4 is 0 Å². The van der Waals surface area contributed by atoms with Crippen molar-refractivity contribution in [1.29, 1.82) is 0 Å². The number of nitrogens with zero attached hydrogens (tertiary/aromatic N) is 1. The molecule has 0 saturated carbocycles. The maximum absolute atomic E-state index is 12.6. The first-order valence-electron chi connectivity index (χ1n) is 3.87. The Morgan fingerprint density at radius 1 is 1.21 bits per heavy atom. The van der Waals surface area contributed by atoms with Gasteiger partial charge in [-0.15, -0.1) is 3.89 Å². The third-order valence-corrected chi connectivity index (χ3v) is 2.67. The zero-order chi connectivity index (χ0) is 10.2. The Hall–Kier alpha value is -1.49. The summed E-state index contributed by atoms with van der Waals surface area (Å²) in [5.41, 5.74) is 0.639. The normalized spacial score (nSPS) is 11.8. The predicted octanol–water partition coefficient (Wildman–Crippen LogP) is 1.89. The Balaban J connectivity index is 2.75. The number of hydrogen-bond acceptors (Lipinski definition) is 3. The Bertz CT molecular complexity index is 580. The van der Waals surface area contributed by atoms with E-state index in [9.17, 15) is 12.3 Å². The lowest BCUT2D eigenvalue weighted by molar-refractivity contribution is 0.552. The van der Waals surface area contributed by atoms with Gasteiger partial charge in [-0.3, -0.25) is 4.98 Å². The number of rotatable bonds is 1. The zero-order valence-corrected chi connectivity index (χ0v) is 7.83. The van der Waals surface area contributed by atoms with Crippen LogP contribution in [0.5, 0.6) is 0 Å². The number of pyridine rings is 1. The average molecular weight is 211 g/mol. The van der Waals surface area contributed by atoms with E-state index in [0.717, 1.165) is 0 Å². The predicted molar refractivity (Wildman–Crippen MR) is 50.0 cm³/mol. The van der Waals surface area contributed by atoms with Crippen molar-refractivity contribution < 1.29 is 12.3 Å². The van der Waals surface area contributed by atoms with Gasteiger partial charge in [0.2, 0.25) is 0 Å². The summed E-state index contributed by atoms with van der Waals surface area (Å²) in [6.07, 6.45) is 1.59. The van der Waals surface area contributed by atoms with Gasteiger partial charge in [0.25, 0.3) is 0 Å². The number of fused-ring (bicyclic) bond motifs is 1. The molecule has 0 radical (unpaired) electrons. The van der Waals surface area contributed by atoms with Gasteiger partial charge in [-0.2, -0.15) is 8.42 Å². The van der Waals surface area contributed by atoms with E-state index >= 15 is 0 Å². The summed E-state index contributed by atoms with van der Waals surface area (Å²) in [5.74, 6) is 0. The van der Waals surface area contributed by atoms with E-state index in [1.807, 2.05) is 0 Å². The molecule has 0 aliphatic heterocycles. The first-order chi connectivity index (χ1) is 6.57. The van der Waals surface area contributed by atoms with Gasteiger partial charge in [-0.1, -0.05) is 6.07 Å². The molecule has 0 spiro atoms. The fraction of sp³-hybridized carbons (Fsp3) is 0. The monoisotopic (exact) mass is 211 g/mol. The molecule has 2 rings (SSSR count). The minimum Gasteiger partial charge on any atom is -0.256 e. The molecule has 0 N–H and O–H groups in total. The molecule has 1 heterocycles. The minimum atomic E-state index is -4.62. The summed E-state index contributed by atoms with van der Waals surface area (Å²) in [4.78, 5) is 3.65. The lowest BCUT2D eigenvalue weighted by Gasteiger charge is -1.97. The molecule has 0 bridgehead atoms. The summed E-state index contributed by atoms with van der Waals surface area (Å²) < 4.78 is 33.8. The molecule has 0 amide bonds. The first-order valence-corrected chi connectivity index (χ1v) is 5.25. The average Bonchev–Trinajstić information content (AvgIpc) is 2.16. The minimum absolute atomic E-state index is 0.335. The van der Waals surface area contributed by atoms with Crippen molar-refractivity contribution in [2.45, 2.75) is 4.90 Å². The topological polar surface area (TPSA) is 47.0 Å². The van der Waals surface area contributed by atoms with Crippen molar-refractivity contribution in [2.75, 3.05) is 0 Å². The number of benzene rings is 1. The van der Waals surface area contributed by atoms with E-state index in [4.69, 9.17) is 0 Å². The van der Waals surface area contributed by atoms with Crippen molar-refractivity contribution in [3.05, 3.63) is 36.5 Å². The van der Waals surface area contributed by atoms with Gasteiger partial charge in [0.15, 0.2) is 0 Å². The molecule has 0 fully saturated rings. The van der Waals surface area contributed by atoms with Crippen LogP contribution in [0.15, 0.2) is 41.4 Å². The number of aromatic nitrogens is 1. The summed E-state index contributed by atoms with van der Waals surface area (Å²) in [6, 6.07) is 7.28. The van der Waals surface area contributed by atoms with Crippen molar-refractivity contribution in [3.63, 3.8) is 0 Å². The highest BCUT2D eigenvalue weighted by Crippen LogP contribution is 2.18. The smallest absolute Gasteiger partial charge is 0.256 e. The standard InChI is InChI=1S/C9H6FNO2S/c10-14(12,13)8-3-4-9-7(6-8)2-1-5-11-9/h1-6H. The summed E-state index contributed by atoms with van der Waals surface area (Å²) >= 11 is 0. The van der Waals surface area contributed by atoms with Crippen LogP contribution in [0.4, 0.5) is 3.89 Å². The highest BCUT2D eigenvalue weighted by molar-refractivity contribution is 7.86. The second-order valence-corrected chi connectivity index (χ2v) is 4.14. The summed E-state index contributed by atoms with van der Waals surface area (Å²) in [5, 5.41) is 0.603. The number of halogens is 1. The van der Waals surface area contributed by atoms with E-state index in [0.29, 0.717) is 10.9 Å². The fourth-order valence-electron chi connectivity index (χ4n) is 1.21. The highest BCUT2D eigenvalue weighted by atomic mass is 32.3. The molecule has 72 valence electrons. The van der Waals surface area contributed by atoms with Gasteiger partial charge in [0, 0.05) is 11.6 Å². The fourth-order valence-corrected chi connectivity index (χ4v) is 1.70. The Labute approximate surface area is 80.4 Å². The van der Waals surface area contributed by atoms with Crippen molar-refractivity contribution in [3.8, 4) is 0 Å². The summed E-state index contributed by atoms with van der Waals surface area (Å²) in [7, 11) is -4.62. The van der Waals surface area contributed by atoms with Crippen LogP contribution in [0, 0.1) is 0 Å². The summed E-state index contributed by atoms with van der Waals surface area (Å²) in [6.45, 7) is 0. The molecule has 5 heteroatoms. The van der Waals surface area contributed by atoms with Crippen LogP contribution in [0.2, 0.25) is 0 Å². The molecule has 0 aliphatic carbocycles. The van der Waals surface area contributed by atoms with Crippen LogP contribution in [-0.2, 0) is 10.2 Å². The van der Waals surface area contributed by atoms with Crippen molar-refractivity contribution in [1.82, 2.24) is 4.98 Å². The largest absolute Gasteiger partial charge is 0.332 e. The van der Waals surface area contributed by atoms with E-state index < -0.39 is 10.2 Å². The Morgan fingerprint density at radius 2 is 2.00 bits per heavy atom. The van der Waals surface area contributed by atoms with Crippen LogP contribution in [0.25, 0.3) is 10.9 Å². The molecule has 1 aromatic carbocycles. The zero-order valence-electron chi connectivity index (χ0n) is 7.01. The van der Waals surface area contributed by atoms with Gasteiger partial charge in [0.1, 0.15) is 0 Å². The Kier molecular flexibility index (Phi) is 1.96. The second-order valence-electron chi connectivity index (χ2n) is 2.80. The second kappa shape index (κ2) is 3.02. The lowest BCUT2D eigenvalue weighted by atomic mass is 10.2. The molecule has 0 atom stereocenters. The highest BCUT2D eigenvalue weighted by Gasteiger charge is 2.11. The van der Waals surface area contributed by atoms with Gasteiger partial charge < -0.3 is 0 Å². The molecule has 1 aromatic heterocycles. The molecule has 14 heavy (non-hydrogen) atoms. The van der Waals surface area contributed by atoms with Crippen molar-refractivity contribution in [2.24, 2.45) is 0 Å². The quantitative estimate of drug-likeness (QED) is 0.677. The van der Waals surface area contributed by atoms with Gasteiger partial charge in [-0.05, 0) is 24.3 Å². The maximum atomic E-state index is 12.6. The van der Waals surface area contributed by atoms with Crippen molar-refractivity contribution >= 4 is 21.1 Å². The van der Waals surface area contributed by atoms with Gasteiger partial charge in [0.05, 0.1) is 10.4 Å². The Morgan fingerprint density at radius 3 is 2.71 bits per heavy atom. The van der Waals surface area contributed by atoms with E-state index in [2.05, 4.69) is 4.98 Å². The molecule has 3 nitrogen and oxygen atoms in total. The molecular weight excluding hydrogens is 205 g/mol. The van der Waals surface area contributed by atoms with E-state index in [1.165, 1.54) is 18.2 Å². The molecule has 0 unspecified atom stereocenters. The van der Waals surface area contributed by atoms with Crippen LogP contribution in [0.3, 0.4) is 0 Å². The van der Waals surface area contributed by atoms with Crippen LogP contribution >= 0.6 is 0 Å². The van der Waals surface area contributed by atoms with E-state index in [-0.39, 0.29) is 4.90 Å². The first kappa shape index (κ1) is 9.08. The third-order valence-electron chi connectivity index (χ3n) is 1.86. The molecule has 0 saturated heterocycles. The van der Waals surface area contributed by atoms with Crippen LogP contribution in [0.1, 0.15) is 0 Å². The lowest BCUT2D eigenvalue weighted by Crippen LogP contribution is -1.91. The van der Waals surface area contributed by atoms with Gasteiger partial charge in [-0.25, -0.2) is 0 Å². The number of hydrogen-bond donors (Lipinski definition) is 0. The SMILES string of the molecule is O=S(=O)(F)c1ccc2ncccc2c1.